The summed E-state index contributed by atoms with van der Waals surface area (Å²) in [5.41, 5.74) is 1.04. The van der Waals surface area contributed by atoms with Crippen LogP contribution in [0, 0.1) is 23.7 Å². The molecule has 0 unspecified atom stereocenters. The molecule has 1 aromatic rings. The normalized spacial score (nSPS) is 30.9. The fourth-order valence-corrected chi connectivity index (χ4v) is 4.08. The van der Waals surface area contributed by atoms with Crippen molar-refractivity contribution in [3.63, 3.8) is 0 Å². The van der Waals surface area contributed by atoms with Crippen molar-refractivity contribution >= 4 is 11.9 Å². The van der Waals surface area contributed by atoms with Crippen molar-refractivity contribution < 1.29 is 14.7 Å². The zero-order valence-electron chi connectivity index (χ0n) is 12.0. The SMILES string of the molecule is O=C(O)[C@@H]1C2CCC(CC2)[C@H]1C(=O)NCc1ccccc1. The van der Waals surface area contributed by atoms with Gasteiger partial charge in [-0.05, 0) is 43.1 Å². The topological polar surface area (TPSA) is 66.4 Å². The molecule has 1 aromatic carbocycles. The first kappa shape index (κ1) is 14.1. The van der Waals surface area contributed by atoms with Crippen LogP contribution >= 0.6 is 0 Å². The zero-order valence-corrected chi connectivity index (χ0v) is 12.0. The quantitative estimate of drug-likeness (QED) is 0.894. The van der Waals surface area contributed by atoms with Crippen LogP contribution in [0.5, 0.6) is 0 Å². The fraction of sp³-hybridized carbons (Fsp3) is 0.529. The Morgan fingerprint density at radius 2 is 1.57 bits per heavy atom. The standard InChI is InChI=1S/C17H21NO3/c19-16(18-10-11-4-2-1-3-5-11)14-12-6-8-13(9-7-12)15(14)17(20)21/h1-5,12-15H,6-10H2,(H,18,19)(H,20,21)/t12?,13?,14-,15-/m1/s1. The van der Waals surface area contributed by atoms with Gasteiger partial charge in [0.1, 0.15) is 0 Å². The molecule has 2 bridgehead atoms. The Morgan fingerprint density at radius 1 is 1.00 bits per heavy atom. The lowest BCUT2D eigenvalue weighted by atomic mass is 9.58. The van der Waals surface area contributed by atoms with Crippen LogP contribution in [-0.2, 0) is 16.1 Å². The van der Waals surface area contributed by atoms with Crippen molar-refractivity contribution in [2.24, 2.45) is 23.7 Å². The van der Waals surface area contributed by atoms with E-state index in [0.29, 0.717) is 6.54 Å². The second kappa shape index (κ2) is 5.88. The van der Waals surface area contributed by atoms with E-state index in [1.165, 1.54) is 0 Å². The van der Waals surface area contributed by atoms with Crippen LogP contribution in [0.3, 0.4) is 0 Å². The molecule has 0 spiro atoms. The summed E-state index contributed by atoms with van der Waals surface area (Å²) in [6.07, 6.45) is 3.92. The van der Waals surface area contributed by atoms with Crippen LogP contribution in [0.4, 0.5) is 0 Å². The van der Waals surface area contributed by atoms with Crippen molar-refractivity contribution in [1.29, 1.82) is 0 Å². The lowest BCUT2D eigenvalue weighted by Crippen LogP contribution is -2.50. The summed E-state index contributed by atoms with van der Waals surface area (Å²) in [6.45, 7) is 0.472. The molecule has 3 fully saturated rings. The number of carbonyl (C=O) groups excluding carboxylic acids is 1. The third-order valence-corrected chi connectivity index (χ3v) is 5.12. The number of carboxylic acids is 1. The predicted molar refractivity (Wildman–Crippen MR) is 78.4 cm³/mol. The molecule has 21 heavy (non-hydrogen) atoms. The average Bonchev–Trinajstić information content (AvgIpc) is 2.53. The third-order valence-electron chi connectivity index (χ3n) is 5.12. The van der Waals surface area contributed by atoms with Crippen molar-refractivity contribution in [2.45, 2.75) is 32.2 Å². The molecule has 4 nitrogen and oxygen atoms in total. The van der Waals surface area contributed by atoms with Crippen LogP contribution < -0.4 is 5.32 Å². The van der Waals surface area contributed by atoms with E-state index in [1.807, 2.05) is 30.3 Å². The fourth-order valence-electron chi connectivity index (χ4n) is 4.08. The average molecular weight is 287 g/mol. The maximum Gasteiger partial charge on any atom is 0.307 e. The minimum atomic E-state index is -0.802. The second-order valence-electron chi connectivity index (χ2n) is 6.27. The molecule has 0 aromatic heterocycles. The highest BCUT2D eigenvalue weighted by Gasteiger charge is 2.50. The Kier molecular flexibility index (Phi) is 3.95. The number of carboxylic acid groups (broad SMARTS) is 1. The molecule has 2 N–H and O–H groups in total. The molecular weight excluding hydrogens is 266 g/mol. The number of nitrogens with one attached hydrogen (secondary N) is 1. The van der Waals surface area contributed by atoms with E-state index in [2.05, 4.69) is 5.32 Å². The van der Waals surface area contributed by atoms with E-state index >= 15 is 0 Å². The highest BCUT2D eigenvalue weighted by molar-refractivity contribution is 5.85. The maximum atomic E-state index is 12.5. The minimum absolute atomic E-state index is 0.0827. The third kappa shape index (κ3) is 2.80. The molecule has 4 rings (SSSR count). The molecule has 3 aliphatic carbocycles. The molecule has 0 saturated heterocycles. The Bertz CT molecular complexity index is 520. The summed E-state index contributed by atoms with van der Waals surface area (Å²) in [7, 11) is 0. The number of hydrogen-bond acceptors (Lipinski definition) is 2. The largest absolute Gasteiger partial charge is 0.481 e. The van der Waals surface area contributed by atoms with Gasteiger partial charge in [-0.2, -0.15) is 0 Å². The lowest BCUT2D eigenvalue weighted by molar-refractivity contribution is -0.158. The number of aliphatic carboxylic acids is 1. The van der Waals surface area contributed by atoms with E-state index in [-0.39, 0.29) is 23.7 Å². The van der Waals surface area contributed by atoms with Gasteiger partial charge < -0.3 is 10.4 Å². The number of rotatable bonds is 4. The zero-order chi connectivity index (χ0) is 14.8. The van der Waals surface area contributed by atoms with E-state index < -0.39 is 11.9 Å². The van der Waals surface area contributed by atoms with Crippen LogP contribution in [0.15, 0.2) is 30.3 Å². The summed E-state index contributed by atoms with van der Waals surface area (Å²) >= 11 is 0. The van der Waals surface area contributed by atoms with Crippen LogP contribution in [-0.4, -0.2) is 17.0 Å². The minimum Gasteiger partial charge on any atom is -0.481 e. The summed E-state index contributed by atoms with van der Waals surface area (Å²) in [5, 5.41) is 12.4. The molecule has 4 heteroatoms. The lowest BCUT2D eigenvalue weighted by Gasteiger charge is -2.45. The number of benzene rings is 1. The Morgan fingerprint density at radius 3 is 2.14 bits per heavy atom. The molecule has 0 radical (unpaired) electrons. The highest BCUT2D eigenvalue weighted by Crippen LogP contribution is 2.49. The molecule has 0 aliphatic heterocycles. The monoisotopic (exact) mass is 287 g/mol. The van der Waals surface area contributed by atoms with Gasteiger partial charge in [-0.15, -0.1) is 0 Å². The first-order valence-electron chi connectivity index (χ1n) is 7.71. The van der Waals surface area contributed by atoms with Crippen LogP contribution in [0.1, 0.15) is 31.2 Å². The second-order valence-corrected chi connectivity index (χ2v) is 6.27. The smallest absolute Gasteiger partial charge is 0.307 e. The maximum absolute atomic E-state index is 12.5. The van der Waals surface area contributed by atoms with E-state index in [1.54, 1.807) is 0 Å². The predicted octanol–water partition coefficient (Wildman–Crippen LogP) is 2.44. The van der Waals surface area contributed by atoms with Gasteiger partial charge >= 0.3 is 5.97 Å². The van der Waals surface area contributed by atoms with Crippen molar-refractivity contribution in [3.8, 4) is 0 Å². The Hall–Kier alpha value is -1.84. The molecule has 1 amide bonds. The van der Waals surface area contributed by atoms with Gasteiger partial charge in [0, 0.05) is 6.54 Å². The van der Waals surface area contributed by atoms with Crippen LogP contribution in [0.25, 0.3) is 0 Å². The highest BCUT2D eigenvalue weighted by atomic mass is 16.4. The molecule has 3 aliphatic rings. The van der Waals surface area contributed by atoms with E-state index in [9.17, 15) is 14.7 Å². The van der Waals surface area contributed by atoms with Gasteiger partial charge in [0.2, 0.25) is 5.91 Å². The van der Waals surface area contributed by atoms with Crippen molar-refractivity contribution in [1.82, 2.24) is 5.32 Å². The van der Waals surface area contributed by atoms with Crippen molar-refractivity contribution in [3.05, 3.63) is 35.9 Å². The Balaban J connectivity index is 1.69. The van der Waals surface area contributed by atoms with E-state index in [4.69, 9.17) is 0 Å². The first-order chi connectivity index (χ1) is 10.2. The van der Waals surface area contributed by atoms with Gasteiger partial charge in [0.05, 0.1) is 11.8 Å². The number of amides is 1. The number of hydrogen-bond donors (Lipinski definition) is 2. The summed E-state index contributed by atoms with van der Waals surface area (Å²) in [6, 6.07) is 9.73. The summed E-state index contributed by atoms with van der Waals surface area (Å²) < 4.78 is 0. The molecular formula is C17H21NO3. The summed E-state index contributed by atoms with van der Waals surface area (Å²) in [5.74, 6) is -1.30. The molecule has 0 heterocycles. The number of fused-ring (bicyclic) bond motifs is 3. The molecule has 3 saturated carbocycles. The van der Waals surface area contributed by atoms with Gasteiger partial charge in [0.25, 0.3) is 0 Å². The molecule has 112 valence electrons. The van der Waals surface area contributed by atoms with Crippen LogP contribution in [0.2, 0.25) is 0 Å². The van der Waals surface area contributed by atoms with Gasteiger partial charge in [0.15, 0.2) is 0 Å². The molecule has 2 atom stereocenters. The van der Waals surface area contributed by atoms with Crippen molar-refractivity contribution in [2.75, 3.05) is 0 Å². The van der Waals surface area contributed by atoms with Gasteiger partial charge in [-0.25, -0.2) is 0 Å². The Labute approximate surface area is 124 Å². The van der Waals surface area contributed by atoms with E-state index in [0.717, 1.165) is 31.2 Å². The summed E-state index contributed by atoms with van der Waals surface area (Å²) in [4.78, 5) is 24.1. The first-order valence-corrected chi connectivity index (χ1v) is 7.71. The van der Waals surface area contributed by atoms with Gasteiger partial charge in [-0.1, -0.05) is 30.3 Å². The van der Waals surface area contributed by atoms with Gasteiger partial charge in [-0.3, -0.25) is 9.59 Å². The number of carbonyl (C=O) groups is 2.